The quantitative estimate of drug-likeness (QED) is 0.730. The Bertz CT molecular complexity index is 351. The number of H-pyrrole nitrogens is 1. The van der Waals surface area contributed by atoms with Gasteiger partial charge < -0.3 is 4.98 Å². The topological polar surface area (TPSA) is 15.8 Å². The molecule has 1 heterocycles. The molecule has 14 heavy (non-hydrogen) atoms. The lowest BCUT2D eigenvalue weighted by Crippen LogP contribution is -1.84. The third-order valence-electron chi connectivity index (χ3n) is 4.54. The van der Waals surface area contributed by atoms with Gasteiger partial charge in [0.15, 0.2) is 0 Å². The van der Waals surface area contributed by atoms with Crippen molar-refractivity contribution in [3.05, 3.63) is 23.5 Å². The molecule has 0 spiro atoms. The Hall–Kier alpha value is -0.720. The molecule has 2 atom stereocenters. The Balaban J connectivity index is 1.58. The van der Waals surface area contributed by atoms with Crippen LogP contribution in [0.3, 0.4) is 0 Å². The Morgan fingerprint density at radius 3 is 2.57 bits per heavy atom. The number of rotatable bonds is 2. The second kappa shape index (κ2) is 2.44. The zero-order chi connectivity index (χ0) is 9.12. The van der Waals surface area contributed by atoms with Crippen LogP contribution in [0.25, 0.3) is 0 Å². The van der Waals surface area contributed by atoms with Crippen molar-refractivity contribution in [2.45, 2.75) is 43.9 Å². The summed E-state index contributed by atoms with van der Waals surface area (Å²) in [5.41, 5.74) is 3.14. The molecule has 3 aliphatic rings. The normalized spacial score (nSPS) is 39.9. The monoisotopic (exact) mass is 187 g/mol. The van der Waals surface area contributed by atoms with E-state index in [-0.39, 0.29) is 0 Å². The summed E-state index contributed by atoms with van der Waals surface area (Å²) in [5.74, 6) is 3.98. The maximum Gasteiger partial charge on any atom is 0.0181 e. The summed E-state index contributed by atoms with van der Waals surface area (Å²) in [6.45, 7) is 0. The number of hydrogen-bond donors (Lipinski definition) is 1. The molecule has 2 unspecified atom stereocenters. The highest BCUT2D eigenvalue weighted by atomic mass is 14.7. The predicted molar refractivity (Wildman–Crippen MR) is 56.3 cm³/mol. The Morgan fingerprint density at radius 1 is 1.07 bits per heavy atom. The van der Waals surface area contributed by atoms with Gasteiger partial charge in [-0.1, -0.05) is 6.42 Å². The molecular formula is C13H17N. The molecule has 1 aromatic rings. The second-order valence-corrected chi connectivity index (χ2v) is 5.45. The van der Waals surface area contributed by atoms with E-state index in [1.54, 1.807) is 5.56 Å². The highest BCUT2D eigenvalue weighted by Crippen LogP contribution is 2.63. The van der Waals surface area contributed by atoms with E-state index in [0.29, 0.717) is 0 Å². The van der Waals surface area contributed by atoms with Crippen LogP contribution < -0.4 is 0 Å². The van der Waals surface area contributed by atoms with Gasteiger partial charge >= 0.3 is 0 Å². The van der Waals surface area contributed by atoms with Crippen molar-refractivity contribution in [3.8, 4) is 0 Å². The largest absolute Gasteiger partial charge is 0.364 e. The lowest BCUT2D eigenvalue weighted by molar-refractivity contribution is 0.682. The van der Waals surface area contributed by atoms with Gasteiger partial charge in [-0.05, 0) is 61.0 Å². The molecule has 74 valence electrons. The van der Waals surface area contributed by atoms with Crippen LogP contribution in [0, 0.1) is 11.8 Å². The molecule has 4 rings (SSSR count). The van der Waals surface area contributed by atoms with Gasteiger partial charge in [0.05, 0.1) is 0 Å². The van der Waals surface area contributed by atoms with Crippen molar-refractivity contribution in [3.63, 3.8) is 0 Å². The number of aromatic nitrogens is 1. The first-order valence-electron chi connectivity index (χ1n) is 6.12. The van der Waals surface area contributed by atoms with Crippen LogP contribution in [0.4, 0.5) is 0 Å². The maximum absolute atomic E-state index is 3.48. The van der Waals surface area contributed by atoms with E-state index in [2.05, 4.69) is 17.2 Å². The van der Waals surface area contributed by atoms with Crippen molar-refractivity contribution in [2.24, 2.45) is 11.8 Å². The molecule has 1 aromatic heterocycles. The van der Waals surface area contributed by atoms with Crippen molar-refractivity contribution in [1.82, 2.24) is 4.98 Å². The van der Waals surface area contributed by atoms with Crippen molar-refractivity contribution in [1.29, 1.82) is 0 Å². The van der Waals surface area contributed by atoms with Crippen LogP contribution in [0.15, 0.2) is 12.3 Å². The first-order valence-corrected chi connectivity index (χ1v) is 6.12. The highest BCUT2D eigenvalue weighted by molar-refractivity contribution is 5.32. The first-order chi connectivity index (χ1) is 6.93. The second-order valence-electron chi connectivity index (χ2n) is 5.45. The van der Waals surface area contributed by atoms with Crippen LogP contribution >= 0.6 is 0 Å². The average molecular weight is 187 g/mol. The van der Waals surface area contributed by atoms with Gasteiger partial charge in [0.25, 0.3) is 0 Å². The van der Waals surface area contributed by atoms with Gasteiger partial charge in [-0.3, -0.25) is 0 Å². The van der Waals surface area contributed by atoms with E-state index in [1.807, 2.05) is 0 Å². The van der Waals surface area contributed by atoms with Crippen LogP contribution in [0.2, 0.25) is 0 Å². The summed E-state index contributed by atoms with van der Waals surface area (Å²) in [6.07, 6.45) is 9.61. The van der Waals surface area contributed by atoms with Crippen LogP contribution in [0.1, 0.15) is 55.2 Å². The van der Waals surface area contributed by atoms with Gasteiger partial charge in [0, 0.05) is 11.9 Å². The molecule has 3 aliphatic carbocycles. The number of aromatic amines is 1. The lowest BCUT2D eigenvalue weighted by Gasteiger charge is -1.98. The van der Waals surface area contributed by atoms with Crippen molar-refractivity contribution in [2.75, 3.05) is 0 Å². The zero-order valence-electron chi connectivity index (χ0n) is 8.50. The molecule has 0 bridgehead atoms. The van der Waals surface area contributed by atoms with E-state index in [9.17, 15) is 0 Å². The van der Waals surface area contributed by atoms with Gasteiger partial charge in [-0.15, -0.1) is 0 Å². The number of fused-ring (bicyclic) bond motifs is 1. The summed E-state index contributed by atoms with van der Waals surface area (Å²) in [5, 5.41) is 0. The maximum atomic E-state index is 3.48. The lowest BCUT2D eigenvalue weighted by atomic mass is 10.1. The minimum atomic E-state index is 0.891. The predicted octanol–water partition coefficient (Wildman–Crippen LogP) is 3.41. The fourth-order valence-corrected chi connectivity index (χ4v) is 3.57. The third kappa shape index (κ3) is 0.958. The molecule has 0 amide bonds. The van der Waals surface area contributed by atoms with Gasteiger partial charge in [-0.2, -0.15) is 0 Å². The molecule has 1 heteroatoms. The molecule has 0 aromatic carbocycles. The van der Waals surface area contributed by atoms with Crippen molar-refractivity contribution >= 4 is 0 Å². The van der Waals surface area contributed by atoms with Gasteiger partial charge in [0.2, 0.25) is 0 Å². The average Bonchev–Trinajstić information content (AvgIpc) is 3.07. The van der Waals surface area contributed by atoms with Gasteiger partial charge in [0.1, 0.15) is 0 Å². The minimum Gasteiger partial charge on any atom is -0.364 e. The van der Waals surface area contributed by atoms with E-state index >= 15 is 0 Å². The Morgan fingerprint density at radius 2 is 1.86 bits per heavy atom. The summed E-state index contributed by atoms with van der Waals surface area (Å²) >= 11 is 0. The highest BCUT2D eigenvalue weighted by Gasteiger charge is 2.53. The van der Waals surface area contributed by atoms with E-state index in [0.717, 1.165) is 23.7 Å². The molecule has 0 aliphatic heterocycles. The van der Waals surface area contributed by atoms with Crippen LogP contribution in [0.5, 0.6) is 0 Å². The SMILES string of the molecule is c1[nH]c(C2CC2)cc1C1C2CCCC21. The van der Waals surface area contributed by atoms with Crippen LogP contribution in [-0.2, 0) is 0 Å². The standard InChI is InChI=1S/C13H17N/c1-2-10-11(3-1)13(10)9-6-12(14-7-9)8-4-5-8/h6-8,10-11,13-14H,1-5H2. The molecule has 0 radical (unpaired) electrons. The van der Waals surface area contributed by atoms with Crippen molar-refractivity contribution < 1.29 is 0 Å². The van der Waals surface area contributed by atoms with Gasteiger partial charge in [-0.25, -0.2) is 0 Å². The fourth-order valence-electron chi connectivity index (χ4n) is 3.57. The van der Waals surface area contributed by atoms with Crippen LogP contribution in [-0.4, -0.2) is 4.98 Å². The fraction of sp³-hybridized carbons (Fsp3) is 0.692. The molecule has 3 fully saturated rings. The van der Waals surface area contributed by atoms with E-state index < -0.39 is 0 Å². The summed E-state index contributed by atoms with van der Waals surface area (Å²) in [7, 11) is 0. The third-order valence-corrected chi connectivity index (χ3v) is 4.54. The molecule has 0 saturated heterocycles. The number of hydrogen-bond acceptors (Lipinski definition) is 0. The smallest absolute Gasteiger partial charge is 0.0181 e. The Kier molecular flexibility index (Phi) is 1.32. The minimum absolute atomic E-state index is 0.891. The zero-order valence-corrected chi connectivity index (χ0v) is 8.50. The first kappa shape index (κ1) is 7.56. The summed E-state index contributed by atoms with van der Waals surface area (Å²) in [6, 6.07) is 2.46. The molecular weight excluding hydrogens is 170 g/mol. The molecule has 1 nitrogen and oxygen atoms in total. The van der Waals surface area contributed by atoms with E-state index in [4.69, 9.17) is 0 Å². The summed E-state index contributed by atoms with van der Waals surface area (Å²) < 4.78 is 0. The number of nitrogens with one attached hydrogen (secondary N) is 1. The van der Waals surface area contributed by atoms with E-state index in [1.165, 1.54) is 37.8 Å². The summed E-state index contributed by atoms with van der Waals surface area (Å²) in [4.78, 5) is 3.48. The Labute approximate surface area is 84.9 Å². The molecule has 1 N–H and O–H groups in total. The molecule has 3 saturated carbocycles.